The lowest BCUT2D eigenvalue weighted by atomic mass is 10.3. The average Bonchev–Trinajstić information content (AvgIpc) is 2.60. The molecule has 0 unspecified atom stereocenters. The fraction of sp³-hybridized carbons (Fsp3) is 0.222. The predicted octanol–water partition coefficient (Wildman–Crippen LogP) is 3.68. The lowest BCUT2D eigenvalue weighted by molar-refractivity contribution is -0.140. The molecule has 0 aliphatic heterocycles. The Balaban J connectivity index is 2.55. The van der Waals surface area contributed by atoms with Gasteiger partial charge >= 0.3 is 12.3 Å². The van der Waals surface area contributed by atoms with Crippen molar-refractivity contribution >= 4 is 27.0 Å². The van der Waals surface area contributed by atoms with E-state index in [1.807, 2.05) is 0 Å². The van der Waals surface area contributed by atoms with Crippen LogP contribution < -0.4 is 0 Å². The largest absolute Gasteiger partial charge is 0.363 e. The molecule has 1 heterocycles. The minimum Gasteiger partial charge on any atom is -0.337 e. The summed E-state index contributed by atoms with van der Waals surface area (Å²) in [7, 11) is 0. The lowest BCUT2D eigenvalue weighted by Gasteiger charge is -2.11. The van der Waals surface area contributed by atoms with E-state index in [0.29, 0.717) is 4.47 Å². The highest BCUT2D eigenvalue weighted by Crippen LogP contribution is 2.33. The molecule has 1 aromatic heterocycles. The predicted molar refractivity (Wildman–Crippen MR) is 53.7 cm³/mol. The first-order valence-electron chi connectivity index (χ1n) is 4.23. The van der Waals surface area contributed by atoms with Crippen molar-refractivity contribution in [3.8, 4) is 0 Å². The number of rotatable bonds is 2. The normalized spacial score (nSPS) is 12.6. The Kier molecular flexibility index (Phi) is 2.65. The number of aromatic amines is 1. The van der Waals surface area contributed by atoms with E-state index < -0.39 is 18.2 Å². The number of aromatic nitrogens is 2. The molecule has 0 fully saturated rings. The molecule has 0 bridgehead atoms. The topological polar surface area (TPSA) is 28.7 Å². The van der Waals surface area contributed by atoms with Gasteiger partial charge in [0.25, 0.3) is 0 Å². The van der Waals surface area contributed by atoms with Crippen LogP contribution in [0.5, 0.6) is 0 Å². The Morgan fingerprint density at radius 2 is 2.00 bits per heavy atom. The molecule has 1 N–H and O–H groups in total. The molecule has 16 heavy (non-hydrogen) atoms. The van der Waals surface area contributed by atoms with Crippen LogP contribution in [0.2, 0.25) is 0 Å². The van der Waals surface area contributed by atoms with Gasteiger partial charge < -0.3 is 4.98 Å². The van der Waals surface area contributed by atoms with Crippen molar-refractivity contribution in [3.05, 3.63) is 28.5 Å². The second-order valence-electron chi connectivity index (χ2n) is 3.17. The van der Waals surface area contributed by atoms with E-state index in [-0.39, 0.29) is 11.0 Å². The van der Waals surface area contributed by atoms with Gasteiger partial charge in [-0.2, -0.15) is 8.78 Å². The fourth-order valence-electron chi connectivity index (χ4n) is 1.24. The molecule has 0 atom stereocenters. The summed E-state index contributed by atoms with van der Waals surface area (Å²) in [6.07, 6.45) is -3.78. The van der Waals surface area contributed by atoms with Crippen LogP contribution in [-0.2, 0) is 5.92 Å². The van der Waals surface area contributed by atoms with E-state index in [4.69, 9.17) is 0 Å². The standard InChI is InChI=1S/C9H5BrF4N2/c10-4-1-2-5-6(3-4)16-8(15-5)9(13,14)7(11)12/h1-3,7H,(H,15,16). The minimum atomic E-state index is -4.26. The Morgan fingerprint density at radius 1 is 1.31 bits per heavy atom. The second kappa shape index (κ2) is 3.73. The van der Waals surface area contributed by atoms with Gasteiger partial charge in [0.1, 0.15) is 0 Å². The van der Waals surface area contributed by atoms with Crippen LogP contribution in [0.15, 0.2) is 22.7 Å². The molecule has 0 aliphatic rings. The summed E-state index contributed by atoms with van der Waals surface area (Å²) in [5.41, 5.74) is 0.503. The molecule has 0 saturated heterocycles. The Hall–Kier alpha value is -1.11. The van der Waals surface area contributed by atoms with Crippen LogP contribution >= 0.6 is 15.9 Å². The van der Waals surface area contributed by atoms with Crippen LogP contribution in [0, 0.1) is 0 Å². The van der Waals surface area contributed by atoms with Gasteiger partial charge in [-0.3, -0.25) is 0 Å². The summed E-state index contributed by atoms with van der Waals surface area (Å²) in [5, 5.41) is 0. The zero-order valence-electron chi connectivity index (χ0n) is 7.65. The summed E-state index contributed by atoms with van der Waals surface area (Å²) in [4.78, 5) is 5.63. The van der Waals surface area contributed by atoms with Crippen LogP contribution in [-0.4, -0.2) is 16.4 Å². The Labute approximate surface area is 95.8 Å². The number of benzene rings is 1. The molecule has 2 aromatic rings. The van der Waals surface area contributed by atoms with Gasteiger partial charge in [-0.15, -0.1) is 0 Å². The molecule has 2 nitrogen and oxygen atoms in total. The number of imidazole rings is 1. The molecule has 7 heteroatoms. The molecule has 1 aromatic carbocycles. The summed E-state index contributed by atoms with van der Waals surface area (Å²) < 4.78 is 50.7. The van der Waals surface area contributed by atoms with Gasteiger partial charge in [-0.25, -0.2) is 13.8 Å². The van der Waals surface area contributed by atoms with Crippen molar-refractivity contribution in [1.29, 1.82) is 0 Å². The Morgan fingerprint density at radius 3 is 2.62 bits per heavy atom. The number of hydrogen-bond acceptors (Lipinski definition) is 1. The molecule has 0 aliphatic carbocycles. The average molecular weight is 297 g/mol. The number of H-pyrrole nitrogens is 1. The number of halogens is 5. The van der Waals surface area contributed by atoms with E-state index in [2.05, 4.69) is 25.9 Å². The highest BCUT2D eigenvalue weighted by molar-refractivity contribution is 9.10. The van der Waals surface area contributed by atoms with Crippen molar-refractivity contribution in [2.75, 3.05) is 0 Å². The molecule has 2 rings (SSSR count). The van der Waals surface area contributed by atoms with E-state index in [0.717, 1.165) is 0 Å². The molecule has 0 spiro atoms. The van der Waals surface area contributed by atoms with Gasteiger partial charge in [0, 0.05) is 4.47 Å². The SMILES string of the molecule is FC(F)C(F)(F)c1nc2ccc(Br)cc2[nH]1. The number of fused-ring (bicyclic) bond motifs is 1. The maximum atomic E-state index is 13.0. The summed E-state index contributed by atoms with van der Waals surface area (Å²) in [6, 6.07) is 4.54. The van der Waals surface area contributed by atoms with Gasteiger partial charge in [-0.05, 0) is 18.2 Å². The van der Waals surface area contributed by atoms with Crippen LogP contribution in [0.4, 0.5) is 17.6 Å². The number of nitrogens with zero attached hydrogens (tertiary/aromatic N) is 1. The smallest absolute Gasteiger partial charge is 0.337 e. The molecule has 0 saturated carbocycles. The first-order valence-corrected chi connectivity index (χ1v) is 5.02. The van der Waals surface area contributed by atoms with Crippen LogP contribution in [0.3, 0.4) is 0 Å². The maximum absolute atomic E-state index is 13.0. The summed E-state index contributed by atoms with van der Waals surface area (Å²) in [6.45, 7) is 0. The third-order valence-electron chi connectivity index (χ3n) is 2.03. The number of hydrogen-bond donors (Lipinski definition) is 1. The fourth-order valence-corrected chi connectivity index (χ4v) is 1.60. The third-order valence-corrected chi connectivity index (χ3v) is 2.53. The van der Waals surface area contributed by atoms with Crippen molar-refractivity contribution < 1.29 is 17.6 Å². The quantitative estimate of drug-likeness (QED) is 0.842. The Bertz CT molecular complexity index is 523. The molecule has 0 radical (unpaired) electrons. The van der Waals surface area contributed by atoms with E-state index in [9.17, 15) is 17.6 Å². The second-order valence-corrected chi connectivity index (χ2v) is 4.09. The number of nitrogens with one attached hydrogen (secondary N) is 1. The van der Waals surface area contributed by atoms with Crippen molar-refractivity contribution in [1.82, 2.24) is 9.97 Å². The highest BCUT2D eigenvalue weighted by atomic mass is 79.9. The zero-order valence-corrected chi connectivity index (χ0v) is 9.23. The first-order chi connectivity index (χ1) is 7.41. The molecular formula is C9H5BrF4N2. The summed E-state index contributed by atoms with van der Waals surface area (Å²) in [5.74, 6) is -5.28. The van der Waals surface area contributed by atoms with Crippen molar-refractivity contribution in [2.45, 2.75) is 12.3 Å². The number of alkyl halides is 4. The van der Waals surface area contributed by atoms with E-state index in [1.54, 1.807) is 6.07 Å². The van der Waals surface area contributed by atoms with Gasteiger partial charge in [-0.1, -0.05) is 15.9 Å². The van der Waals surface area contributed by atoms with Crippen molar-refractivity contribution in [3.63, 3.8) is 0 Å². The highest BCUT2D eigenvalue weighted by Gasteiger charge is 2.45. The van der Waals surface area contributed by atoms with Gasteiger partial charge in [0.05, 0.1) is 11.0 Å². The third kappa shape index (κ3) is 1.79. The zero-order chi connectivity index (χ0) is 11.9. The van der Waals surface area contributed by atoms with Crippen LogP contribution in [0.1, 0.15) is 5.82 Å². The van der Waals surface area contributed by atoms with E-state index in [1.165, 1.54) is 12.1 Å². The molecular weight excluding hydrogens is 292 g/mol. The minimum absolute atomic E-state index is 0.221. The van der Waals surface area contributed by atoms with Gasteiger partial charge in [0.15, 0.2) is 5.82 Å². The van der Waals surface area contributed by atoms with Crippen LogP contribution in [0.25, 0.3) is 11.0 Å². The first kappa shape index (κ1) is 11.4. The van der Waals surface area contributed by atoms with Gasteiger partial charge in [0.2, 0.25) is 0 Å². The molecule has 86 valence electrons. The molecule has 0 amide bonds. The maximum Gasteiger partial charge on any atom is 0.363 e. The van der Waals surface area contributed by atoms with E-state index >= 15 is 0 Å². The monoisotopic (exact) mass is 296 g/mol. The van der Waals surface area contributed by atoms with Crippen molar-refractivity contribution in [2.24, 2.45) is 0 Å². The summed E-state index contributed by atoms with van der Waals surface area (Å²) >= 11 is 3.14. The lowest BCUT2D eigenvalue weighted by Crippen LogP contribution is -2.25.